The van der Waals surface area contributed by atoms with Gasteiger partial charge in [0, 0.05) is 18.3 Å². The van der Waals surface area contributed by atoms with Gasteiger partial charge in [-0.05, 0) is 61.7 Å². The number of benzene rings is 1. The van der Waals surface area contributed by atoms with Crippen LogP contribution in [0.4, 0.5) is 5.82 Å². The van der Waals surface area contributed by atoms with E-state index in [-0.39, 0.29) is 12.5 Å². The van der Waals surface area contributed by atoms with E-state index in [9.17, 15) is 4.79 Å². The lowest BCUT2D eigenvalue weighted by molar-refractivity contribution is 0.102. The Balaban J connectivity index is 1.58. The summed E-state index contributed by atoms with van der Waals surface area (Å²) in [6.07, 6.45) is 3.85. The highest BCUT2D eigenvalue weighted by Crippen LogP contribution is 2.28. The fourth-order valence-electron chi connectivity index (χ4n) is 3.16. The summed E-state index contributed by atoms with van der Waals surface area (Å²) in [6, 6.07) is 13.3. The average Bonchev–Trinajstić information content (AvgIpc) is 2.64. The highest BCUT2D eigenvalue weighted by Gasteiger charge is 2.20. The maximum Gasteiger partial charge on any atom is 0.256 e. The molecule has 1 aliphatic heterocycles. The third kappa shape index (κ3) is 4.19. The Morgan fingerprint density at radius 1 is 1.17 bits per heavy atom. The van der Waals surface area contributed by atoms with Gasteiger partial charge in [0.15, 0.2) is 0 Å². The lowest BCUT2D eigenvalue weighted by atomic mass is 9.89. The van der Waals surface area contributed by atoms with Crippen LogP contribution in [0.25, 0.3) is 0 Å². The molecule has 2 N–H and O–H groups in total. The number of piperidine rings is 1. The molecule has 1 fully saturated rings. The Bertz CT molecular complexity index is 650. The molecule has 0 atom stereocenters. The van der Waals surface area contributed by atoms with Crippen LogP contribution < -0.4 is 5.32 Å². The van der Waals surface area contributed by atoms with Gasteiger partial charge in [-0.2, -0.15) is 0 Å². The normalized spacial score (nSPS) is 16.0. The zero-order chi connectivity index (χ0) is 16.8. The van der Waals surface area contributed by atoms with Crippen molar-refractivity contribution >= 4 is 11.7 Å². The highest BCUT2D eigenvalue weighted by atomic mass is 16.3. The zero-order valence-corrected chi connectivity index (χ0v) is 13.7. The predicted octanol–water partition coefficient (Wildman–Crippen LogP) is 2.51. The lowest BCUT2D eigenvalue weighted by Gasteiger charge is -2.31. The van der Waals surface area contributed by atoms with Crippen LogP contribution in [0.3, 0.4) is 0 Å². The molecule has 0 bridgehead atoms. The SMILES string of the molecule is O=C(Nc1ccccn1)c1ccc(C2CCN(CCO)CC2)cc1. The van der Waals surface area contributed by atoms with Crippen LogP contribution in [-0.2, 0) is 0 Å². The number of hydrogen-bond donors (Lipinski definition) is 2. The number of hydrogen-bond acceptors (Lipinski definition) is 4. The van der Waals surface area contributed by atoms with E-state index in [4.69, 9.17) is 5.11 Å². The van der Waals surface area contributed by atoms with Crippen LogP contribution >= 0.6 is 0 Å². The van der Waals surface area contributed by atoms with Crippen LogP contribution in [0, 0.1) is 0 Å². The van der Waals surface area contributed by atoms with Gasteiger partial charge in [-0.15, -0.1) is 0 Å². The predicted molar refractivity (Wildman–Crippen MR) is 94.1 cm³/mol. The largest absolute Gasteiger partial charge is 0.395 e. The molecule has 1 saturated heterocycles. The number of carbonyl (C=O) groups excluding carboxylic acids is 1. The zero-order valence-electron chi connectivity index (χ0n) is 13.7. The number of aliphatic hydroxyl groups excluding tert-OH is 1. The van der Waals surface area contributed by atoms with E-state index in [0.29, 0.717) is 17.3 Å². The first kappa shape index (κ1) is 16.6. The summed E-state index contributed by atoms with van der Waals surface area (Å²) in [5.41, 5.74) is 1.93. The minimum atomic E-state index is -0.141. The molecule has 1 aliphatic rings. The van der Waals surface area contributed by atoms with Crippen molar-refractivity contribution in [1.29, 1.82) is 0 Å². The number of aromatic nitrogens is 1. The number of carbonyl (C=O) groups is 1. The number of aliphatic hydroxyl groups is 1. The Labute approximate surface area is 142 Å². The van der Waals surface area contributed by atoms with Crippen molar-refractivity contribution in [1.82, 2.24) is 9.88 Å². The van der Waals surface area contributed by atoms with E-state index in [2.05, 4.69) is 27.3 Å². The third-order valence-electron chi connectivity index (χ3n) is 4.55. The van der Waals surface area contributed by atoms with Gasteiger partial charge in [-0.3, -0.25) is 4.79 Å². The summed E-state index contributed by atoms with van der Waals surface area (Å²) < 4.78 is 0. The number of nitrogens with zero attached hydrogens (tertiary/aromatic N) is 2. The number of pyridine rings is 1. The van der Waals surface area contributed by atoms with Crippen LogP contribution in [0.2, 0.25) is 0 Å². The number of nitrogens with one attached hydrogen (secondary N) is 1. The summed E-state index contributed by atoms with van der Waals surface area (Å²) in [5, 5.41) is 11.8. The van der Waals surface area contributed by atoms with E-state index in [1.165, 1.54) is 5.56 Å². The minimum Gasteiger partial charge on any atom is -0.395 e. The molecule has 2 aromatic rings. The average molecular weight is 325 g/mol. The molecule has 0 spiro atoms. The first-order chi connectivity index (χ1) is 11.8. The van der Waals surface area contributed by atoms with Crippen molar-refractivity contribution < 1.29 is 9.90 Å². The molecule has 24 heavy (non-hydrogen) atoms. The maximum absolute atomic E-state index is 12.2. The van der Waals surface area contributed by atoms with E-state index >= 15 is 0 Å². The minimum absolute atomic E-state index is 0.141. The molecule has 1 amide bonds. The van der Waals surface area contributed by atoms with Gasteiger partial charge in [-0.25, -0.2) is 4.98 Å². The molecule has 2 heterocycles. The number of amides is 1. The van der Waals surface area contributed by atoms with Crippen LogP contribution in [-0.4, -0.2) is 47.1 Å². The molecule has 3 rings (SSSR count). The van der Waals surface area contributed by atoms with Gasteiger partial charge in [0.05, 0.1) is 6.61 Å². The van der Waals surface area contributed by atoms with E-state index < -0.39 is 0 Å². The number of anilines is 1. The molecule has 5 nitrogen and oxygen atoms in total. The van der Waals surface area contributed by atoms with E-state index in [1.807, 2.05) is 24.3 Å². The topological polar surface area (TPSA) is 65.5 Å². The van der Waals surface area contributed by atoms with Crippen molar-refractivity contribution in [3.8, 4) is 0 Å². The first-order valence-corrected chi connectivity index (χ1v) is 8.42. The Morgan fingerprint density at radius 2 is 1.92 bits per heavy atom. The summed E-state index contributed by atoms with van der Waals surface area (Å²) in [6.45, 7) is 3.03. The van der Waals surface area contributed by atoms with Gasteiger partial charge in [0.1, 0.15) is 5.82 Å². The van der Waals surface area contributed by atoms with Crippen molar-refractivity contribution in [2.45, 2.75) is 18.8 Å². The Hall–Kier alpha value is -2.24. The molecule has 1 aromatic carbocycles. The third-order valence-corrected chi connectivity index (χ3v) is 4.55. The fraction of sp³-hybridized carbons (Fsp3) is 0.368. The summed E-state index contributed by atoms with van der Waals surface area (Å²) in [5.74, 6) is 0.952. The van der Waals surface area contributed by atoms with Gasteiger partial charge in [0.25, 0.3) is 5.91 Å². The quantitative estimate of drug-likeness (QED) is 0.886. The van der Waals surface area contributed by atoms with Gasteiger partial charge >= 0.3 is 0 Å². The Morgan fingerprint density at radius 3 is 2.54 bits per heavy atom. The molecule has 126 valence electrons. The lowest BCUT2D eigenvalue weighted by Crippen LogP contribution is -2.34. The summed E-state index contributed by atoms with van der Waals surface area (Å²) >= 11 is 0. The molecule has 5 heteroatoms. The van der Waals surface area contributed by atoms with Crippen molar-refractivity contribution in [2.75, 3.05) is 31.6 Å². The molecule has 0 aliphatic carbocycles. The smallest absolute Gasteiger partial charge is 0.256 e. The monoisotopic (exact) mass is 325 g/mol. The number of likely N-dealkylation sites (tertiary alicyclic amines) is 1. The van der Waals surface area contributed by atoms with E-state index in [1.54, 1.807) is 12.3 Å². The van der Waals surface area contributed by atoms with Crippen molar-refractivity contribution in [2.24, 2.45) is 0 Å². The van der Waals surface area contributed by atoms with E-state index in [0.717, 1.165) is 32.5 Å². The van der Waals surface area contributed by atoms with Crippen LogP contribution in [0.5, 0.6) is 0 Å². The van der Waals surface area contributed by atoms with Crippen molar-refractivity contribution in [3.05, 3.63) is 59.8 Å². The molecular formula is C19H23N3O2. The van der Waals surface area contributed by atoms with Gasteiger partial charge < -0.3 is 15.3 Å². The first-order valence-electron chi connectivity index (χ1n) is 8.42. The molecule has 0 unspecified atom stereocenters. The molecule has 0 saturated carbocycles. The second kappa shape index (κ2) is 8.04. The van der Waals surface area contributed by atoms with Gasteiger partial charge in [0.2, 0.25) is 0 Å². The number of β-amino-alcohol motifs (C(OH)–C–C–N with tert-alkyl or cyclic N) is 1. The summed E-state index contributed by atoms with van der Waals surface area (Å²) in [7, 11) is 0. The fourth-order valence-corrected chi connectivity index (χ4v) is 3.16. The second-order valence-corrected chi connectivity index (χ2v) is 6.13. The maximum atomic E-state index is 12.2. The van der Waals surface area contributed by atoms with Crippen molar-refractivity contribution in [3.63, 3.8) is 0 Å². The number of rotatable bonds is 5. The Kier molecular flexibility index (Phi) is 5.56. The van der Waals surface area contributed by atoms with Gasteiger partial charge in [-0.1, -0.05) is 18.2 Å². The van der Waals surface area contributed by atoms with Crippen LogP contribution in [0.15, 0.2) is 48.7 Å². The second-order valence-electron chi connectivity index (χ2n) is 6.13. The van der Waals surface area contributed by atoms with Crippen LogP contribution in [0.1, 0.15) is 34.7 Å². The summed E-state index contributed by atoms with van der Waals surface area (Å²) in [4.78, 5) is 18.6. The standard InChI is InChI=1S/C19H23N3O2/c23-14-13-22-11-8-16(9-12-22)15-4-6-17(7-5-15)19(24)21-18-3-1-2-10-20-18/h1-7,10,16,23H,8-9,11-14H2,(H,20,21,24). The molecule has 0 radical (unpaired) electrons. The molecule has 1 aromatic heterocycles. The molecular weight excluding hydrogens is 302 g/mol. The highest BCUT2D eigenvalue weighted by molar-refractivity contribution is 6.03.